The van der Waals surface area contributed by atoms with Crippen molar-refractivity contribution in [3.63, 3.8) is 0 Å². The van der Waals surface area contributed by atoms with Crippen molar-refractivity contribution in [1.82, 2.24) is 0 Å². The average molecular weight is 403 g/mol. The SMILES string of the molecule is CC.COc1ccc(/C(=C\c2ccc(C)cc2)C(=O)c2ccc(OC)cc2C)cc1. The summed E-state index contributed by atoms with van der Waals surface area (Å²) in [5.74, 6) is 1.47. The van der Waals surface area contributed by atoms with Gasteiger partial charge in [-0.1, -0.05) is 55.8 Å². The molecule has 0 N–H and O–H groups in total. The van der Waals surface area contributed by atoms with Crippen LogP contribution in [0.1, 0.15) is 46.5 Å². The molecule has 0 spiro atoms. The van der Waals surface area contributed by atoms with E-state index in [0.29, 0.717) is 11.1 Å². The van der Waals surface area contributed by atoms with E-state index in [0.717, 1.165) is 28.2 Å². The van der Waals surface area contributed by atoms with E-state index in [1.54, 1.807) is 14.2 Å². The van der Waals surface area contributed by atoms with Crippen LogP contribution in [-0.2, 0) is 0 Å². The van der Waals surface area contributed by atoms with E-state index in [1.165, 1.54) is 5.56 Å². The van der Waals surface area contributed by atoms with Gasteiger partial charge in [0.05, 0.1) is 14.2 Å². The molecular weight excluding hydrogens is 372 g/mol. The van der Waals surface area contributed by atoms with Crippen molar-refractivity contribution in [2.24, 2.45) is 0 Å². The monoisotopic (exact) mass is 402 g/mol. The fourth-order valence-electron chi connectivity index (χ4n) is 3.04. The lowest BCUT2D eigenvalue weighted by Crippen LogP contribution is -2.05. The Bertz CT molecular complexity index is 997. The molecule has 3 aromatic carbocycles. The first-order valence-corrected chi connectivity index (χ1v) is 10.1. The summed E-state index contributed by atoms with van der Waals surface area (Å²) in [5, 5.41) is 0. The van der Waals surface area contributed by atoms with E-state index >= 15 is 0 Å². The zero-order chi connectivity index (χ0) is 22.1. The third-order valence-electron chi connectivity index (χ3n) is 4.71. The van der Waals surface area contributed by atoms with Crippen LogP contribution in [0.5, 0.6) is 11.5 Å². The summed E-state index contributed by atoms with van der Waals surface area (Å²) in [7, 11) is 3.25. The third-order valence-corrected chi connectivity index (χ3v) is 4.71. The van der Waals surface area contributed by atoms with E-state index in [2.05, 4.69) is 0 Å². The van der Waals surface area contributed by atoms with Crippen molar-refractivity contribution in [3.05, 3.63) is 94.5 Å². The van der Waals surface area contributed by atoms with Crippen molar-refractivity contribution in [2.45, 2.75) is 27.7 Å². The molecular formula is C27H30O3. The van der Waals surface area contributed by atoms with Crippen LogP contribution in [0.3, 0.4) is 0 Å². The Morgan fingerprint density at radius 1 is 0.767 bits per heavy atom. The fraction of sp³-hybridized carbons (Fsp3) is 0.222. The minimum atomic E-state index is -0.0223. The number of carbonyl (C=O) groups excluding carboxylic acids is 1. The molecule has 0 aromatic heterocycles. The number of ether oxygens (including phenoxy) is 2. The van der Waals surface area contributed by atoms with E-state index in [9.17, 15) is 4.79 Å². The molecule has 0 heterocycles. The number of ketones is 1. The predicted octanol–water partition coefficient (Wildman–Crippen LogP) is 6.77. The van der Waals surface area contributed by atoms with Crippen molar-refractivity contribution in [1.29, 1.82) is 0 Å². The molecule has 0 unspecified atom stereocenters. The maximum absolute atomic E-state index is 13.5. The van der Waals surface area contributed by atoms with Crippen LogP contribution in [0, 0.1) is 13.8 Å². The summed E-state index contributed by atoms with van der Waals surface area (Å²) in [4.78, 5) is 13.5. The van der Waals surface area contributed by atoms with Gasteiger partial charge in [0.25, 0.3) is 0 Å². The molecule has 0 aliphatic rings. The maximum Gasteiger partial charge on any atom is 0.193 e. The number of Topliss-reactive ketones (excluding diaryl/α,β-unsaturated/α-hetero) is 1. The van der Waals surface area contributed by atoms with Crippen LogP contribution in [0.4, 0.5) is 0 Å². The minimum Gasteiger partial charge on any atom is -0.497 e. The number of allylic oxidation sites excluding steroid dienone is 1. The highest BCUT2D eigenvalue weighted by Crippen LogP contribution is 2.27. The molecule has 3 aromatic rings. The second kappa shape index (κ2) is 11.0. The highest BCUT2D eigenvalue weighted by molar-refractivity contribution is 6.32. The number of hydrogen-bond donors (Lipinski definition) is 0. The first-order valence-electron chi connectivity index (χ1n) is 10.1. The zero-order valence-electron chi connectivity index (χ0n) is 18.7. The molecule has 0 atom stereocenters. The summed E-state index contributed by atoms with van der Waals surface area (Å²) in [6.07, 6.45) is 1.94. The highest BCUT2D eigenvalue weighted by Gasteiger charge is 2.17. The van der Waals surface area contributed by atoms with Crippen LogP contribution < -0.4 is 9.47 Å². The number of aryl methyl sites for hydroxylation is 2. The molecule has 0 fully saturated rings. The Morgan fingerprint density at radius 3 is 1.87 bits per heavy atom. The molecule has 0 radical (unpaired) electrons. The van der Waals surface area contributed by atoms with Gasteiger partial charge in [-0.15, -0.1) is 0 Å². The lowest BCUT2D eigenvalue weighted by molar-refractivity contribution is 0.105. The molecule has 0 amide bonds. The zero-order valence-corrected chi connectivity index (χ0v) is 18.7. The van der Waals surface area contributed by atoms with Gasteiger partial charge in [-0.05, 0) is 66.9 Å². The van der Waals surface area contributed by atoms with Crippen LogP contribution in [0.2, 0.25) is 0 Å². The maximum atomic E-state index is 13.5. The van der Waals surface area contributed by atoms with Crippen molar-refractivity contribution in [2.75, 3.05) is 14.2 Å². The van der Waals surface area contributed by atoms with Crippen LogP contribution in [-0.4, -0.2) is 20.0 Å². The van der Waals surface area contributed by atoms with Gasteiger partial charge in [0.15, 0.2) is 5.78 Å². The third kappa shape index (κ3) is 5.60. The molecule has 30 heavy (non-hydrogen) atoms. The Labute approximate surface area is 180 Å². The van der Waals surface area contributed by atoms with Crippen LogP contribution in [0.25, 0.3) is 11.6 Å². The normalized spacial score (nSPS) is 10.7. The summed E-state index contributed by atoms with van der Waals surface area (Å²) in [6.45, 7) is 7.97. The largest absolute Gasteiger partial charge is 0.497 e. The number of benzene rings is 3. The molecule has 156 valence electrons. The van der Waals surface area contributed by atoms with Gasteiger partial charge in [-0.25, -0.2) is 0 Å². The van der Waals surface area contributed by atoms with Gasteiger partial charge in [0.2, 0.25) is 0 Å². The highest BCUT2D eigenvalue weighted by atomic mass is 16.5. The van der Waals surface area contributed by atoms with Gasteiger partial charge in [0.1, 0.15) is 11.5 Å². The lowest BCUT2D eigenvalue weighted by Gasteiger charge is -2.12. The number of methoxy groups -OCH3 is 2. The molecule has 0 aliphatic heterocycles. The molecule has 0 saturated heterocycles. The van der Waals surface area contributed by atoms with Gasteiger partial charge in [0, 0.05) is 11.1 Å². The predicted molar refractivity (Wildman–Crippen MR) is 125 cm³/mol. The summed E-state index contributed by atoms with van der Waals surface area (Å²) < 4.78 is 10.5. The molecule has 0 saturated carbocycles. The van der Waals surface area contributed by atoms with E-state index in [-0.39, 0.29) is 5.78 Å². The Hall–Kier alpha value is -3.33. The Balaban J connectivity index is 0.00000155. The van der Waals surface area contributed by atoms with Crippen LogP contribution >= 0.6 is 0 Å². The standard InChI is InChI=1S/C25H24O3.C2H6/c1-17-5-7-19(8-6-17)16-24(20-9-11-21(27-3)12-10-20)25(26)23-14-13-22(28-4)15-18(23)2;1-2/h5-16H,1-4H3;1-2H3/b24-16+;. The quantitative estimate of drug-likeness (QED) is 0.259. The van der Waals surface area contributed by atoms with E-state index < -0.39 is 0 Å². The Kier molecular flexibility index (Phi) is 8.42. The molecule has 3 nitrogen and oxygen atoms in total. The molecule has 3 heteroatoms. The lowest BCUT2D eigenvalue weighted by atomic mass is 9.92. The molecule has 0 bridgehead atoms. The smallest absolute Gasteiger partial charge is 0.193 e. The van der Waals surface area contributed by atoms with Crippen molar-refractivity contribution >= 4 is 17.4 Å². The van der Waals surface area contributed by atoms with Gasteiger partial charge < -0.3 is 9.47 Å². The topological polar surface area (TPSA) is 35.5 Å². The van der Waals surface area contributed by atoms with Crippen LogP contribution in [0.15, 0.2) is 66.7 Å². The second-order valence-corrected chi connectivity index (χ2v) is 6.71. The summed E-state index contributed by atoms with van der Waals surface area (Å²) in [6, 6.07) is 21.2. The number of rotatable bonds is 6. The summed E-state index contributed by atoms with van der Waals surface area (Å²) in [5.41, 5.74) is 5.19. The molecule has 0 aliphatic carbocycles. The average Bonchev–Trinajstić information content (AvgIpc) is 2.79. The van der Waals surface area contributed by atoms with Gasteiger partial charge in [-0.2, -0.15) is 0 Å². The van der Waals surface area contributed by atoms with Crippen molar-refractivity contribution in [3.8, 4) is 11.5 Å². The van der Waals surface area contributed by atoms with E-state index in [1.807, 2.05) is 101 Å². The summed E-state index contributed by atoms with van der Waals surface area (Å²) >= 11 is 0. The first-order chi connectivity index (χ1) is 14.5. The van der Waals surface area contributed by atoms with Gasteiger partial charge >= 0.3 is 0 Å². The Morgan fingerprint density at radius 2 is 1.33 bits per heavy atom. The minimum absolute atomic E-state index is 0.0223. The fourth-order valence-corrected chi connectivity index (χ4v) is 3.04. The first kappa shape index (κ1) is 23.0. The number of carbonyl (C=O) groups is 1. The van der Waals surface area contributed by atoms with E-state index in [4.69, 9.17) is 9.47 Å². The molecule has 3 rings (SSSR count). The van der Waals surface area contributed by atoms with Crippen molar-refractivity contribution < 1.29 is 14.3 Å². The van der Waals surface area contributed by atoms with Gasteiger partial charge in [-0.3, -0.25) is 4.79 Å². The number of hydrogen-bond acceptors (Lipinski definition) is 3. The second-order valence-electron chi connectivity index (χ2n) is 6.71.